The monoisotopic (exact) mass is 210 g/mol. The molecule has 14 heavy (non-hydrogen) atoms. The number of thioether (sulfide) groups is 1. The molecule has 0 bridgehead atoms. The van der Waals surface area contributed by atoms with E-state index < -0.39 is 0 Å². The number of pyridine rings is 1. The van der Waals surface area contributed by atoms with Gasteiger partial charge >= 0.3 is 0 Å². The lowest BCUT2D eigenvalue weighted by atomic mass is 10.2. The molecule has 0 saturated heterocycles. The van der Waals surface area contributed by atoms with Crippen LogP contribution in [0.5, 0.6) is 0 Å². The van der Waals surface area contributed by atoms with Gasteiger partial charge in [-0.2, -0.15) is 0 Å². The minimum Gasteiger partial charge on any atom is -0.384 e. The summed E-state index contributed by atoms with van der Waals surface area (Å²) in [7, 11) is 0. The van der Waals surface area contributed by atoms with Crippen LogP contribution in [0.15, 0.2) is 23.4 Å². The van der Waals surface area contributed by atoms with Crippen molar-refractivity contribution >= 4 is 17.4 Å². The molecule has 0 spiro atoms. The largest absolute Gasteiger partial charge is 0.384 e. The van der Waals surface area contributed by atoms with Crippen LogP contribution in [0.2, 0.25) is 0 Å². The first-order valence-corrected chi connectivity index (χ1v) is 6.03. The molecular weight excluding hydrogens is 192 g/mol. The van der Waals surface area contributed by atoms with Crippen LogP contribution in [0.25, 0.3) is 0 Å². The highest BCUT2D eigenvalue weighted by Crippen LogP contribution is 2.16. The van der Waals surface area contributed by atoms with Crippen LogP contribution in [0.1, 0.15) is 20.8 Å². The Morgan fingerprint density at radius 3 is 2.71 bits per heavy atom. The van der Waals surface area contributed by atoms with Crippen LogP contribution in [0, 0.1) is 5.92 Å². The molecule has 1 aromatic heterocycles. The molecule has 0 amide bonds. The molecule has 1 heterocycles. The summed E-state index contributed by atoms with van der Waals surface area (Å²) in [6.07, 6.45) is 1.90. The summed E-state index contributed by atoms with van der Waals surface area (Å²) >= 11 is 1.77. The number of hydrogen-bond donors (Lipinski definition) is 1. The van der Waals surface area contributed by atoms with Crippen molar-refractivity contribution in [2.45, 2.75) is 25.8 Å². The Morgan fingerprint density at radius 2 is 2.21 bits per heavy atom. The van der Waals surface area contributed by atoms with E-state index >= 15 is 0 Å². The van der Waals surface area contributed by atoms with Gasteiger partial charge in [0.1, 0.15) is 0 Å². The summed E-state index contributed by atoms with van der Waals surface area (Å²) in [5.41, 5.74) is 1.11. The van der Waals surface area contributed by atoms with E-state index in [0.717, 1.165) is 23.0 Å². The molecule has 1 rings (SSSR count). The lowest BCUT2D eigenvalue weighted by Gasteiger charge is -2.08. The van der Waals surface area contributed by atoms with Crippen molar-refractivity contribution in [3.05, 3.63) is 18.3 Å². The molecule has 0 aromatic carbocycles. The highest BCUT2D eigenvalue weighted by atomic mass is 32.2. The van der Waals surface area contributed by atoms with Gasteiger partial charge in [0.2, 0.25) is 0 Å². The fourth-order valence-electron chi connectivity index (χ4n) is 1.04. The zero-order valence-electron chi connectivity index (χ0n) is 9.08. The Kier molecular flexibility index (Phi) is 4.80. The first-order valence-electron chi connectivity index (χ1n) is 5.05. The van der Waals surface area contributed by atoms with Gasteiger partial charge in [0.25, 0.3) is 0 Å². The van der Waals surface area contributed by atoms with Crippen LogP contribution < -0.4 is 5.32 Å². The van der Waals surface area contributed by atoms with Gasteiger partial charge in [-0.3, -0.25) is 0 Å². The first-order chi connectivity index (χ1) is 6.72. The first kappa shape index (κ1) is 11.4. The van der Waals surface area contributed by atoms with Gasteiger partial charge in [0.05, 0.1) is 16.9 Å². The Bertz CT molecular complexity index is 256. The third-order valence-electron chi connectivity index (χ3n) is 1.74. The van der Waals surface area contributed by atoms with E-state index in [1.165, 1.54) is 0 Å². The van der Waals surface area contributed by atoms with Gasteiger partial charge < -0.3 is 5.32 Å². The van der Waals surface area contributed by atoms with Crippen molar-refractivity contribution in [1.29, 1.82) is 0 Å². The summed E-state index contributed by atoms with van der Waals surface area (Å²) < 4.78 is 0. The summed E-state index contributed by atoms with van der Waals surface area (Å²) in [5, 5.41) is 4.44. The Hall–Kier alpha value is -0.700. The second-order valence-corrected chi connectivity index (χ2v) is 4.88. The highest BCUT2D eigenvalue weighted by Gasteiger charge is 1.96. The van der Waals surface area contributed by atoms with Crippen LogP contribution in [-0.4, -0.2) is 17.3 Å². The fraction of sp³-hybridized carbons (Fsp3) is 0.545. The van der Waals surface area contributed by atoms with Gasteiger partial charge in [-0.25, -0.2) is 4.98 Å². The quantitative estimate of drug-likeness (QED) is 0.755. The maximum absolute atomic E-state index is 4.35. The fourth-order valence-corrected chi connectivity index (χ4v) is 1.63. The average Bonchev–Trinajstić information content (AvgIpc) is 2.17. The Labute approximate surface area is 90.5 Å². The molecule has 0 saturated carbocycles. The van der Waals surface area contributed by atoms with E-state index in [1.807, 2.05) is 6.20 Å². The molecule has 78 valence electrons. The maximum Gasteiger partial charge on any atom is 0.0961 e. The summed E-state index contributed by atoms with van der Waals surface area (Å²) in [4.78, 5) is 4.35. The minimum atomic E-state index is 0.666. The lowest BCUT2D eigenvalue weighted by molar-refractivity contribution is 0.688. The molecule has 0 unspecified atom stereocenters. The minimum absolute atomic E-state index is 0.666. The standard InChI is InChI=1S/C11H18N2S/c1-4-14-11-6-5-10(8-13-11)12-7-9(2)3/h5-6,8-9,12H,4,7H2,1-3H3. The second kappa shape index (κ2) is 5.91. The second-order valence-electron chi connectivity index (χ2n) is 3.59. The van der Waals surface area contributed by atoms with Crippen LogP contribution >= 0.6 is 11.8 Å². The van der Waals surface area contributed by atoms with Crippen LogP contribution in [0.3, 0.4) is 0 Å². The predicted octanol–water partition coefficient (Wildman–Crippen LogP) is 3.26. The summed E-state index contributed by atoms with van der Waals surface area (Å²) in [5.74, 6) is 1.74. The summed E-state index contributed by atoms with van der Waals surface area (Å²) in [6, 6.07) is 4.16. The van der Waals surface area contributed by atoms with E-state index in [4.69, 9.17) is 0 Å². The molecule has 0 aliphatic heterocycles. The smallest absolute Gasteiger partial charge is 0.0961 e. The molecule has 0 radical (unpaired) electrons. The molecule has 3 heteroatoms. The third kappa shape index (κ3) is 4.01. The van der Waals surface area contributed by atoms with Crippen molar-refractivity contribution in [3.63, 3.8) is 0 Å². The highest BCUT2D eigenvalue weighted by molar-refractivity contribution is 7.99. The Morgan fingerprint density at radius 1 is 1.43 bits per heavy atom. The van der Waals surface area contributed by atoms with Gasteiger partial charge in [-0.05, 0) is 23.8 Å². The number of rotatable bonds is 5. The van der Waals surface area contributed by atoms with Crippen molar-refractivity contribution in [2.75, 3.05) is 17.6 Å². The SMILES string of the molecule is CCSc1ccc(NCC(C)C)cn1. The van der Waals surface area contributed by atoms with Gasteiger partial charge in [-0.1, -0.05) is 20.8 Å². The molecule has 0 aliphatic rings. The number of anilines is 1. The van der Waals surface area contributed by atoms with Crippen molar-refractivity contribution in [1.82, 2.24) is 4.98 Å². The third-order valence-corrected chi connectivity index (χ3v) is 2.57. The van der Waals surface area contributed by atoms with Gasteiger partial charge in [0.15, 0.2) is 0 Å². The number of aromatic nitrogens is 1. The van der Waals surface area contributed by atoms with Crippen molar-refractivity contribution in [2.24, 2.45) is 5.92 Å². The molecule has 1 N–H and O–H groups in total. The number of hydrogen-bond acceptors (Lipinski definition) is 3. The summed E-state index contributed by atoms with van der Waals surface area (Å²) in [6.45, 7) is 7.53. The maximum atomic E-state index is 4.35. The lowest BCUT2D eigenvalue weighted by Crippen LogP contribution is -2.07. The van der Waals surface area contributed by atoms with Gasteiger partial charge in [-0.15, -0.1) is 11.8 Å². The Balaban J connectivity index is 2.46. The molecular formula is C11H18N2S. The molecule has 0 aliphatic carbocycles. The topological polar surface area (TPSA) is 24.9 Å². The van der Waals surface area contributed by atoms with Gasteiger partial charge in [0, 0.05) is 6.54 Å². The number of nitrogens with zero attached hydrogens (tertiary/aromatic N) is 1. The number of nitrogens with one attached hydrogen (secondary N) is 1. The average molecular weight is 210 g/mol. The van der Waals surface area contributed by atoms with Crippen LogP contribution in [0.4, 0.5) is 5.69 Å². The van der Waals surface area contributed by atoms with Crippen LogP contribution in [-0.2, 0) is 0 Å². The van der Waals surface area contributed by atoms with E-state index in [2.05, 4.69) is 43.2 Å². The van der Waals surface area contributed by atoms with E-state index in [1.54, 1.807) is 11.8 Å². The van der Waals surface area contributed by atoms with E-state index in [9.17, 15) is 0 Å². The van der Waals surface area contributed by atoms with Crippen molar-refractivity contribution < 1.29 is 0 Å². The van der Waals surface area contributed by atoms with E-state index in [0.29, 0.717) is 5.92 Å². The zero-order chi connectivity index (χ0) is 10.4. The predicted molar refractivity (Wildman–Crippen MR) is 64.0 cm³/mol. The molecule has 0 atom stereocenters. The molecule has 2 nitrogen and oxygen atoms in total. The van der Waals surface area contributed by atoms with Crippen molar-refractivity contribution in [3.8, 4) is 0 Å². The molecule has 0 fully saturated rings. The normalized spacial score (nSPS) is 10.6. The molecule has 1 aromatic rings. The zero-order valence-corrected chi connectivity index (χ0v) is 9.90. The van der Waals surface area contributed by atoms with E-state index in [-0.39, 0.29) is 0 Å².